The van der Waals surface area contributed by atoms with Crippen LogP contribution in [0.25, 0.3) is 0 Å². The van der Waals surface area contributed by atoms with E-state index in [1.165, 1.54) is 12.7 Å². The molecule has 146 valence electrons. The first kappa shape index (κ1) is 20.7. The Balaban J connectivity index is 1.97. The lowest BCUT2D eigenvalue weighted by atomic mass is 10.1. The van der Waals surface area contributed by atoms with Crippen LogP contribution in [0.1, 0.15) is 31.7 Å². The Bertz CT molecular complexity index is 526. The number of benzene rings is 1. The molecule has 0 saturated carbocycles. The normalized spacial score (nSPS) is 18.7. The molecule has 1 aromatic carbocycles. The Labute approximate surface area is 157 Å². The van der Waals surface area contributed by atoms with Crippen LogP contribution >= 0.6 is 0 Å². The summed E-state index contributed by atoms with van der Waals surface area (Å²) in [6, 6.07) is 10.6. The van der Waals surface area contributed by atoms with E-state index in [1.807, 2.05) is 18.2 Å². The number of aryl methyl sites for hydroxylation is 1. The largest absolute Gasteiger partial charge is 0.452 e. The second-order valence-electron chi connectivity index (χ2n) is 6.71. The molecule has 0 radical (unpaired) electrons. The third kappa shape index (κ3) is 5.97. The number of hydrazine groups is 1. The number of rotatable bonds is 10. The van der Waals surface area contributed by atoms with Crippen LogP contribution in [0.4, 0.5) is 4.79 Å². The van der Waals surface area contributed by atoms with Gasteiger partial charge in [-0.25, -0.2) is 14.8 Å². The van der Waals surface area contributed by atoms with Gasteiger partial charge in [0.25, 0.3) is 0 Å². The molecule has 1 fully saturated rings. The second kappa shape index (κ2) is 11.2. The Morgan fingerprint density at radius 2 is 2.04 bits per heavy atom. The first-order chi connectivity index (χ1) is 12.7. The van der Waals surface area contributed by atoms with Gasteiger partial charge in [-0.3, -0.25) is 0 Å². The predicted molar refractivity (Wildman–Crippen MR) is 101 cm³/mol. The van der Waals surface area contributed by atoms with E-state index in [-0.39, 0.29) is 18.2 Å². The van der Waals surface area contributed by atoms with Crippen LogP contribution in [0, 0.1) is 0 Å². The summed E-state index contributed by atoms with van der Waals surface area (Å²) in [7, 11) is 3.11. The minimum absolute atomic E-state index is 0.0576. The Kier molecular flexibility index (Phi) is 8.88. The first-order valence-electron chi connectivity index (χ1n) is 9.41. The molecular formula is C20H32N2O4. The first-order valence-corrected chi connectivity index (χ1v) is 9.41. The van der Waals surface area contributed by atoms with Crippen molar-refractivity contribution in [2.75, 3.05) is 40.6 Å². The molecule has 1 aliphatic rings. The number of carbonyl (C=O) groups excluding carboxylic acids is 1. The molecule has 1 heterocycles. The van der Waals surface area contributed by atoms with Crippen molar-refractivity contribution in [2.24, 2.45) is 0 Å². The van der Waals surface area contributed by atoms with E-state index in [0.29, 0.717) is 19.8 Å². The average Bonchev–Trinajstić information content (AvgIpc) is 3.12. The van der Waals surface area contributed by atoms with E-state index in [4.69, 9.17) is 14.2 Å². The number of nitrogens with zero attached hydrogens (tertiary/aromatic N) is 2. The molecule has 0 bridgehead atoms. The maximum atomic E-state index is 12.5. The van der Waals surface area contributed by atoms with Crippen LogP contribution in [0.5, 0.6) is 0 Å². The van der Waals surface area contributed by atoms with Gasteiger partial charge in [0.2, 0.25) is 0 Å². The quantitative estimate of drug-likeness (QED) is 0.597. The lowest BCUT2D eigenvalue weighted by molar-refractivity contribution is -0.0728. The van der Waals surface area contributed by atoms with Gasteiger partial charge < -0.3 is 14.2 Å². The van der Waals surface area contributed by atoms with E-state index in [9.17, 15) is 4.79 Å². The lowest BCUT2D eigenvalue weighted by Crippen LogP contribution is -2.54. The van der Waals surface area contributed by atoms with Gasteiger partial charge in [-0.1, -0.05) is 30.3 Å². The van der Waals surface area contributed by atoms with Gasteiger partial charge in [-0.05, 0) is 38.2 Å². The van der Waals surface area contributed by atoms with Gasteiger partial charge in [0.05, 0.1) is 33.0 Å². The fourth-order valence-corrected chi connectivity index (χ4v) is 3.41. The van der Waals surface area contributed by atoms with Gasteiger partial charge in [0.1, 0.15) is 0 Å². The summed E-state index contributed by atoms with van der Waals surface area (Å²) in [4.78, 5) is 12.5. The molecule has 0 spiro atoms. The summed E-state index contributed by atoms with van der Waals surface area (Å²) < 4.78 is 15.8. The van der Waals surface area contributed by atoms with E-state index in [1.54, 1.807) is 12.1 Å². The summed E-state index contributed by atoms with van der Waals surface area (Å²) in [6.07, 6.45) is 3.59. The lowest BCUT2D eigenvalue weighted by Gasteiger charge is -2.39. The van der Waals surface area contributed by atoms with Crippen molar-refractivity contribution in [3.63, 3.8) is 0 Å². The number of hydrogen-bond acceptors (Lipinski definition) is 5. The molecule has 1 aliphatic heterocycles. The van der Waals surface area contributed by atoms with Gasteiger partial charge in [0.15, 0.2) is 0 Å². The summed E-state index contributed by atoms with van der Waals surface area (Å²) >= 11 is 0. The average molecular weight is 364 g/mol. The van der Waals surface area contributed by atoms with Crippen molar-refractivity contribution in [3.05, 3.63) is 35.9 Å². The molecule has 2 rings (SSSR count). The number of hydrogen-bond donors (Lipinski definition) is 0. The van der Waals surface area contributed by atoms with Crippen molar-refractivity contribution in [1.82, 2.24) is 10.0 Å². The smallest absolute Gasteiger partial charge is 0.424 e. The molecule has 6 nitrogen and oxygen atoms in total. The number of amides is 1. The number of ether oxygens (including phenoxy) is 3. The van der Waals surface area contributed by atoms with Crippen molar-refractivity contribution in [1.29, 1.82) is 0 Å². The van der Waals surface area contributed by atoms with Gasteiger partial charge in [-0.2, -0.15) is 0 Å². The monoisotopic (exact) mass is 364 g/mol. The zero-order chi connectivity index (χ0) is 18.8. The molecule has 1 amide bonds. The number of methoxy groups -OCH3 is 2. The van der Waals surface area contributed by atoms with Gasteiger partial charge in [-0.15, -0.1) is 0 Å². The second-order valence-corrected chi connectivity index (χ2v) is 6.71. The molecule has 0 unspecified atom stereocenters. The fourth-order valence-electron chi connectivity index (χ4n) is 3.41. The van der Waals surface area contributed by atoms with Crippen molar-refractivity contribution < 1.29 is 19.0 Å². The molecule has 0 aromatic heterocycles. The molecule has 0 N–H and O–H groups in total. The molecule has 0 aliphatic carbocycles. The topological polar surface area (TPSA) is 51.2 Å². The summed E-state index contributed by atoms with van der Waals surface area (Å²) in [5.74, 6) is 0. The SMILES string of the molecule is COCCOC[C@@H]1CCCN1N(C(=O)OC)[C@@H](C)CCc1ccccc1. The van der Waals surface area contributed by atoms with Crippen molar-refractivity contribution in [3.8, 4) is 0 Å². The maximum absolute atomic E-state index is 12.5. The van der Waals surface area contributed by atoms with Crippen molar-refractivity contribution in [2.45, 2.75) is 44.7 Å². The highest BCUT2D eigenvalue weighted by atomic mass is 16.5. The van der Waals surface area contributed by atoms with Crippen LogP contribution in [-0.4, -0.2) is 68.8 Å². The third-order valence-electron chi connectivity index (χ3n) is 4.84. The molecular weight excluding hydrogens is 332 g/mol. The zero-order valence-electron chi connectivity index (χ0n) is 16.2. The predicted octanol–water partition coefficient (Wildman–Crippen LogP) is 3.12. The minimum atomic E-state index is -0.297. The molecule has 1 aromatic rings. The number of carbonyl (C=O) groups is 1. The minimum Gasteiger partial charge on any atom is -0.452 e. The third-order valence-corrected chi connectivity index (χ3v) is 4.84. The van der Waals surface area contributed by atoms with E-state index < -0.39 is 0 Å². The van der Waals surface area contributed by atoms with E-state index in [0.717, 1.165) is 32.2 Å². The van der Waals surface area contributed by atoms with Crippen LogP contribution in [-0.2, 0) is 20.6 Å². The summed E-state index contributed by atoms with van der Waals surface area (Å²) in [5, 5.41) is 3.93. The molecule has 26 heavy (non-hydrogen) atoms. The summed E-state index contributed by atoms with van der Waals surface area (Å²) in [5.41, 5.74) is 1.28. The Morgan fingerprint density at radius 1 is 1.27 bits per heavy atom. The van der Waals surface area contributed by atoms with E-state index in [2.05, 4.69) is 24.1 Å². The highest BCUT2D eigenvalue weighted by molar-refractivity contribution is 5.67. The fraction of sp³-hybridized carbons (Fsp3) is 0.650. The Hall–Kier alpha value is -1.63. The maximum Gasteiger partial charge on any atom is 0.424 e. The standard InChI is InChI=1S/C20H32N2O4/c1-17(11-12-18-8-5-4-6-9-18)22(20(23)25-3)21-13-7-10-19(21)16-26-15-14-24-2/h4-6,8-9,17,19H,7,10-16H2,1-3H3/t17-,19-/m0/s1. The van der Waals surface area contributed by atoms with Crippen LogP contribution in [0.3, 0.4) is 0 Å². The summed E-state index contributed by atoms with van der Waals surface area (Å²) in [6.45, 7) is 4.69. The van der Waals surface area contributed by atoms with Gasteiger partial charge in [0, 0.05) is 19.7 Å². The Morgan fingerprint density at radius 3 is 2.73 bits per heavy atom. The highest BCUT2D eigenvalue weighted by Crippen LogP contribution is 2.24. The molecule has 1 saturated heterocycles. The molecule has 6 heteroatoms. The zero-order valence-corrected chi connectivity index (χ0v) is 16.2. The highest BCUT2D eigenvalue weighted by Gasteiger charge is 2.35. The van der Waals surface area contributed by atoms with Gasteiger partial charge >= 0.3 is 6.09 Å². The van der Waals surface area contributed by atoms with E-state index >= 15 is 0 Å². The van der Waals surface area contributed by atoms with Crippen molar-refractivity contribution >= 4 is 6.09 Å². The van der Waals surface area contributed by atoms with Crippen LogP contribution in [0.15, 0.2) is 30.3 Å². The van der Waals surface area contributed by atoms with Crippen LogP contribution < -0.4 is 0 Å². The molecule has 2 atom stereocenters. The van der Waals surface area contributed by atoms with Crippen LogP contribution in [0.2, 0.25) is 0 Å².